The van der Waals surface area contributed by atoms with Crippen molar-refractivity contribution in [2.45, 2.75) is 91.5 Å². The molecule has 0 spiro atoms. The SMILES string of the molecule is CC(C)=CCC/C(C)=C/CC/C(C)=C/CSC[C@H](NC(=O)C12C[C@@H]3CC1C[C@@H](C3)C2)C(=O)O. The molecule has 0 aliphatic heterocycles. The number of hydrogen-bond donors (Lipinski definition) is 2. The van der Waals surface area contributed by atoms with Crippen LogP contribution in [0.25, 0.3) is 0 Å². The van der Waals surface area contributed by atoms with E-state index in [1.807, 2.05) is 0 Å². The average molecular weight is 474 g/mol. The second-order valence-corrected chi connectivity index (χ2v) is 12.1. The smallest absolute Gasteiger partial charge is 0.327 e. The molecule has 0 radical (unpaired) electrons. The first-order valence-corrected chi connectivity index (χ1v) is 13.9. The second-order valence-electron chi connectivity index (χ2n) is 11.1. The van der Waals surface area contributed by atoms with Gasteiger partial charge in [0.2, 0.25) is 5.91 Å². The van der Waals surface area contributed by atoms with E-state index in [1.54, 1.807) is 11.8 Å². The highest BCUT2D eigenvalue weighted by Gasteiger charge is 2.61. The fourth-order valence-electron chi connectivity index (χ4n) is 6.37. The van der Waals surface area contributed by atoms with Gasteiger partial charge in [-0.25, -0.2) is 4.79 Å². The third kappa shape index (κ3) is 7.00. The Bertz CT molecular complexity index is 794. The molecule has 4 nitrogen and oxygen atoms in total. The largest absolute Gasteiger partial charge is 0.480 e. The fourth-order valence-corrected chi connectivity index (χ4v) is 7.37. The van der Waals surface area contributed by atoms with Crippen molar-refractivity contribution < 1.29 is 14.7 Å². The van der Waals surface area contributed by atoms with Gasteiger partial charge >= 0.3 is 5.97 Å². The summed E-state index contributed by atoms with van der Waals surface area (Å²) in [4.78, 5) is 24.9. The van der Waals surface area contributed by atoms with Crippen molar-refractivity contribution in [3.63, 3.8) is 0 Å². The van der Waals surface area contributed by atoms with Gasteiger partial charge in [0.05, 0.1) is 5.41 Å². The summed E-state index contributed by atoms with van der Waals surface area (Å²) in [5, 5.41) is 12.6. The second kappa shape index (κ2) is 11.8. The average Bonchev–Trinajstić information content (AvgIpc) is 3.14. The lowest BCUT2D eigenvalue weighted by molar-refractivity contribution is -0.143. The maximum Gasteiger partial charge on any atom is 0.327 e. The molecule has 184 valence electrons. The van der Waals surface area contributed by atoms with Gasteiger partial charge in [-0.3, -0.25) is 4.79 Å². The molecule has 4 fully saturated rings. The van der Waals surface area contributed by atoms with Crippen molar-refractivity contribution in [2.75, 3.05) is 11.5 Å². The molecule has 2 unspecified atom stereocenters. The van der Waals surface area contributed by atoms with E-state index in [1.165, 1.54) is 36.0 Å². The molecular weight excluding hydrogens is 430 g/mol. The van der Waals surface area contributed by atoms with Crippen LogP contribution in [-0.2, 0) is 9.59 Å². The van der Waals surface area contributed by atoms with Crippen molar-refractivity contribution >= 4 is 23.6 Å². The summed E-state index contributed by atoms with van der Waals surface area (Å²) >= 11 is 1.59. The van der Waals surface area contributed by atoms with E-state index >= 15 is 0 Å². The molecule has 0 aromatic carbocycles. The third-order valence-electron chi connectivity index (χ3n) is 8.00. The summed E-state index contributed by atoms with van der Waals surface area (Å²) in [5.74, 6) is 2.17. The maximum atomic E-state index is 13.1. The van der Waals surface area contributed by atoms with Crippen LogP contribution in [0.3, 0.4) is 0 Å². The first kappa shape index (κ1) is 26.1. The first-order chi connectivity index (χ1) is 15.7. The number of carbonyl (C=O) groups is 2. The molecule has 2 N–H and O–H groups in total. The monoisotopic (exact) mass is 473 g/mol. The quantitative estimate of drug-likeness (QED) is 0.236. The minimum Gasteiger partial charge on any atom is -0.480 e. The minimum absolute atomic E-state index is 0.0173. The molecule has 5 heteroatoms. The molecule has 0 aromatic heterocycles. The maximum absolute atomic E-state index is 13.1. The molecule has 4 aliphatic rings. The molecule has 4 bridgehead atoms. The Labute approximate surface area is 204 Å². The van der Waals surface area contributed by atoms with Gasteiger partial charge in [-0.15, -0.1) is 0 Å². The van der Waals surface area contributed by atoms with Gasteiger partial charge in [-0.1, -0.05) is 34.9 Å². The number of amides is 1. The molecule has 0 heterocycles. The molecule has 0 saturated heterocycles. The Balaban J connectivity index is 1.38. The van der Waals surface area contributed by atoms with E-state index < -0.39 is 12.0 Å². The fraction of sp³-hybridized carbons (Fsp3) is 0.714. The number of carboxylic acids is 1. The summed E-state index contributed by atoms with van der Waals surface area (Å²) in [6.45, 7) is 8.63. The Morgan fingerprint density at radius 1 is 0.970 bits per heavy atom. The normalized spacial score (nSPS) is 29.3. The minimum atomic E-state index is -0.917. The van der Waals surface area contributed by atoms with E-state index in [0.29, 0.717) is 23.5 Å². The van der Waals surface area contributed by atoms with Crippen LogP contribution in [-0.4, -0.2) is 34.5 Å². The van der Waals surface area contributed by atoms with Crippen molar-refractivity contribution in [3.8, 4) is 0 Å². The van der Waals surface area contributed by atoms with Gasteiger partial charge in [-0.05, 0) is 103 Å². The number of thioether (sulfide) groups is 1. The number of carbonyl (C=O) groups excluding carboxylic acids is 1. The van der Waals surface area contributed by atoms with E-state index in [-0.39, 0.29) is 11.3 Å². The highest BCUT2D eigenvalue weighted by atomic mass is 32.2. The molecule has 33 heavy (non-hydrogen) atoms. The summed E-state index contributed by atoms with van der Waals surface area (Å²) in [6.07, 6.45) is 16.7. The topological polar surface area (TPSA) is 66.4 Å². The number of aliphatic carboxylic acids is 1. The van der Waals surface area contributed by atoms with E-state index in [9.17, 15) is 14.7 Å². The predicted octanol–water partition coefficient (Wildman–Crippen LogP) is 6.53. The van der Waals surface area contributed by atoms with Gasteiger partial charge in [-0.2, -0.15) is 11.8 Å². The predicted molar refractivity (Wildman–Crippen MR) is 138 cm³/mol. The van der Waals surface area contributed by atoms with Crippen LogP contribution in [0.1, 0.15) is 85.5 Å². The number of rotatable bonds is 13. The zero-order valence-corrected chi connectivity index (χ0v) is 21.8. The third-order valence-corrected chi connectivity index (χ3v) is 8.97. The summed E-state index contributed by atoms with van der Waals surface area (Å²) in [6, 6.07) is -0.796. The molecule has 4 rings (SSSR count). The highest BCUT2D eigenvalue weighted by molar-refractivity contribution is 7.99. The van der Waals surface area contributed by atoms with Crippen LogP contribution in [0.4, 0.5) is 0 Å². The highest BCUT2D eigenvalue weighted by Crippen LogP contribution is 2.65. The van der Waals surface area contributed by atoms with Crippen LogP contribution >= 0.6 is 11.8 Å². The van der Waals surface area contributed by atoms with Gasteiger partial charge in [0.25, 0.3) is 0 Å². The van der Waals surface area contributed by atoms with E-state index in [0.717, 1.165) is 44.3 Å². The number of hydrogen-bond acceptors (Lipinski definition) is 3. The van der Waals surface area contributed by atoms with Crippen LogP contribution in [0.15, 0.2) is 34.9 Å². The van der Waals surface area contributed by atoms with Crippen molar-refractivity contribution in [1.82, 2.24) is 5.32 Å². The van der Waals surface area contributed by atoms with Crippen LogP contribution in [0.2, 0.25) is 0 Å². The van der Waals surface area contributed by atoms with Gasteiger partial charge in [0.1, 0.15) is 6.04 Å². The number of allylic oxidation sites excluding steroid dienone is 5. The first-order valence-electron chi connectivity index (χ1n) is 12.8. The Kier molecular flexibility index (Phi) is 9.32. The number of nitrogens with one attached hydrogen (secondary N) is 1. The molecule has 4 saturated carbocycles. The molecule has 4 aliphatic carbocycles. The summed E-state index contributed by atoms with van der Waals surface area (Å²) in [7, 11) is 0. The molecule has 5 atom stereocenters. The van der Waals surface area contributed by atoms with E-state index in [2.05, 4.69) is 51.2 Å². The Morgan fingerprint density at radius 3 is 2.18 bits per heavy atom. The lowest BCUT2D eigenvalue weighted by atomic mass is 9.75. The van der Waals surface area contributed by atoms with Crippen LogP contribution in [0, 0.1) is 23.2 Å². The van der Waals surface area contributed by atoms with Gasteiger partial charge < -0.3 is 10.4 Å². The molecular formula is C28H43NO3S. The summed E-state index contributed by atoms with van der Waals surface area (Å²) < 4.78 is 0. The van der Waals surface area contributed by atoms with Crippen LogP contribution in [0.5, 0.6) is 0 Å². The van der Waals surface area contributed by atoms with Crippen molar-refractivity contribution in [3.05, 3.63) is 34.9 Å². The number of carboxylic acid groups (broad SMARTS) is 1. The molecule has 0 aromatic rings. The standard InChI is InChI=1S/C28H43NO3S/c1-19(2)7-5-8-20(3)9-6-10-21(4)11-12-33-18-25(26(30)31)29-27(32)28-16-22-13-23(17-28)15-24(28)14-22/h7,9,11,22-25H,5-6,8,10,12-18H2,1-4H3,(H,29,32)(H,30,31)/b20-9+,21-11+/t22-,23+,24?,25-,28?/m0/s1. The van der Waals surface area contributed by atoms with Crippen LogP contribution < -0.4 is 5.32 Å². The van der Waals surface area contributed by atoms with Crippen molar-refractivity contribution in [1.29, 1.82) is 0 Å². The van der Waals surface area contributed by atoms with Crippen molar-refractivity contribution in [2.24, 2.45) is 23.2 Å². The Morgan fingerprint density at radius 2 is 1.58 bits per heavy atom. The van der Waals surface area contributed by atoms with Gasteiger partial charge in [0.15, 0.2) is 0 Å². The lowest BCUT2D eigenvalue weighted by Crippen LogP contribution is -2.50. The summed E-state index contributed by atoms with van der Waals surface area (Å²) in [5.41, 5.74) is 3.89. The lowest BCUT2D eigenvalue weighted by Gasteiger charge is -2.32. The molecule has 1 amide bonds. The Hall–Kier alpha value is -1.49. The van der Waals surface area contributed by atoms with Gasteiger partial charge in [0, 0.05) is 11.5 Å². The zero-order chi connectivity index (χ0) is 24.0. The zero-order valence-electron chi connectivity index (χ0n) is 21.0. The van der Waals surface area contributed by atoms with E-state index in [4.69, 9.17) is 0 Å².